The first-order valence-corrected chi connectivity index (χ1v) is 3.48. The largest absolute Gasteiger partial charge is 0.534 e. The Labute approximate surface area is 191 Å². The molecule has 0 aliphatic rings. The van der Waals surface area contributed by atoms with Crippen LogP contribution in [-0.4, -0.2) is 0 Å². The number of hydrogen-bond donors (Lipinski definition) is 0. The van der Waals surface area contributed by atoms with Gasteiger partial charge in [0, 0.05) is 131 Å². The van der Waals surface area contributed by atoms with E-state index in [0.29, 0.717) is 0 Å². The molecule has 4 heteroatoms. The maximum atomic E-state index is 5.25. The SMILES string of the molecule is [CH][CH-]C[C-](C)C[CH-]C=[C-]C.[Y].[Y].[Y].[Y]. The van der Waals surface area contributed by atoms with Gasteiger partial charge < -0.3 is 37.3 Å². The van der Waals surface area contributed by atoms with Gasteiger partial charge in [0.2, 0.25) is 0 Å². The summed E-state index contributed by atoms with van der Waals surface area (Å²) in [5.74, 6) is 1.38. The second kappa shape index (κ2) is 25.8. The summed E-state index contributed by atoms with van der Waals surface area (Å²) in [5, 5.41) is 0. The second-order valence-corrected chi connectivity index (χ2v) is 2.29. The molecule has 0 atom stereocenters. The molecule has 0 amide bonds. The fourth-order valence-electron chi connectivity index (χ4n) is 0.662. The standard InChI is InChI=1S/C10H14.4Y/c1-4-6-7-9-10(3)8-5-2;;;;/h2,5-7H,8-9H2,1,3H3;;;;/q-4;;;;. The second-order valence-electron chi connectivity index (χ2n) is 2.29. The molecule has 6 radical (unpaired) electrons. The van der Waals surface area contributed by atoms with Crippen molar-refractivity contribution < 1.29 is 131 Å². The molecule has 0 aromatic rings. The van der Waals surface area contributed by atoms with Gasteiger partial charge in [-0.05, 0) is 0 Å². The summed E-state index contributed by atoms with van der Waals surface area (Å²) in [4.78, 5) is 0. The fraction of sp³-hybridized carbons (Fsp3) is 0.400. The van der Waals surface area contributed by atoms with Gasteiger partial charge in [-0.2, -0.15) is 6.92 Å². The van der Waals surface area contributed by atoms with Crippen molar-refractivity contribution in [1.82, 2.24) is 0 Å². The van der Waals surface area contributed by atoms with Crippen molar-refractivity contribution in [2.45, 2.75) is 26.7 Å². The van der Waals surface area contributed by atoms with Gasteiger partial charge in [-0.15, -0.1) is 0 Å². The van der Waals surface area contributed by atoms with E-state index in [1.54, 1.807) is 6.42 Å². The van der Waals surface area contributed by atoms with Crippen molar-refractivity contribution in [3.05, 3.63) is 37.8 Å². The Morgan fingerprint density at radius 3 is 2.07 bits per heavy atom. The minimum atomic E-state index is 0. The monoisotopic (exact) mass is 490 g/mol. The molecule has 0 rings (SSSR count). The van der Waals surface area contributed by atoms with E-state index in [-0.39, 0.29) is 131 Å². The number of hydrogen-bond acceptors (Lipinski definition) is 0. The molecule has 14 heavy (non-hydrogen) atoms. The Balaban J connectivity index is -0.0000000675. The van der Waals surface area contributed by atoms with Crippen LogP contribution in [-0.2, 0) is 131 Å². The van der Waals surface area contributed by atoms with Crippen molar-refractivity contribution in [3.8, 4) is 0 Å². The summed E-state index contributed by atoms with van der Waals surface area (Å²) >= 11 is 0. The molecular weight excluding hydrogens is 476 g/mol. The molecule has 0 fully saturated rings. The quantitative estimate of drug-likeness (QED) is 0.521. The van der Waals surface area contributed by atoms with Gasteiger partial charge in [0.05, 0.1) is 0 Å². The molecule has 0 nitrogen and oxygen atoms in total. The predicted molar refractivity (Wildman–Crippen MR) is 44.5 cm³/mol. The zero-order valence-electron chi connectivity index (χ0n) is 9.03. The molecule has 0 aliphatic carbocycles. The van der Waals surface area contributed by atoms with E-state index in [0.717, 1.165) is 12.8 Å². The normalized spacial score (nSPS) is 8.00. The number of rotatable bonds is 5. The summed E-state index contributed by atoms with van der Waals surface area (Å²) in [6, 6.07) is 0. The first kappa shape index (κ1) is 30.8. The Morgan fingerprint density at radius 1 is 1.21 bits per heavy atom. The van der Waals surface area contributed by atoms with Crippen LogP contribution in [0.15, 0.2) is 6.08 Å². The van der Waals surface area contributed by atoms with Crippen LogP contribution in [0.25, 0.3) is 0 Å². The summed E-state index contributed by atoms with van der Waals surface area (Å²) in [7, 11) is 0. The summed E-state index contributed by atoms with van der Waals surface area (Å²) < 4.78 is 0. The van der Waals surface area contributed by atoms with Gasteiger partial charge in [-0.1, -0.05) is 0 Å². The van der Waals surface area contributed by atoms with Crippen LogP contribution in [0.1, 0.15) is 26.7 Å². The van der Waals surface area contributed by atoms with Crippen molar-refractivity contribution in [1.29, 1.82) is 0 Å². The van der Waals surface area contributed by atoms with E-state index >= 15 is 0 Å². The van der Waals surface area contributed by atoms with Crippen molar-refractivity contribution in [3.63, 3.8) is 0 Å². The maximum Gasteiger partial charge on any atom is 0 e. The molecule has 0 saturated heterocycles. The molecule has 0 aliphatic heterocycles. The van der Waals surface area contributed by atoms with Crippen molar-refractivity contribution in [2.24, 2.45) is 0 Å². The molecule has 0 bridgehead atoms. The molecular formula is C10H14Y4-4. The first-order valence-electron chi connectivity index (χ1n) is 3.48. The van der Waals surface area contributed by atoms with Crippen LogP contribution in [0.4, 0.5) is 0 Å². The topological polar surface area (TPSA) is 0 Å². The molecule has 0 spiro atoms. The van der Waals surface area contributed by atoms with Gasteiger partial charge in [0.15, 0.2) is 0 Å². The van der Waals surface area contributed by atoms with E-state index < -0.39 is 0 Å². The van der Waals surface area contributed by atoms with Crippen LogP contribution >= 0.6 is 0 Å². The predicted octanol–water partition coefficient (Wildman–Crippen LogP) is 2.85. The van der Waals surface area contributed by atoms with Crippen LogP contribution < -0.4 is 0 Å². The Hall–Kier alpha value is 4.03. The van der Waals surface area contributed by atoms with Gasteiger partial charge in [-0.3, -0.25) is 6.42 Å². The number of allylic oxidation sites excluding steroid dienone is 2. The van der Waals surface area contributed by atoms with E-state index in [1.165, 1.54) is 5.92 Å². The van der Waals surface area contributed by atoms with Gasteiger partial charge >= 0.3 is 0 Å². The van der Waals surface area contributed by atoms with Crippen molar-refractivity contribution >= 4 is 0 Å². The third kappa shape index (κ3) is 25.0. The van der Waals surface area contributed by atoms with Crippen LogP contribution in [0.5, 0.6) is 0 Å². The van der Waals surface area contributed by atoms with Crippen LogP contribution in [0.3, 0.4) is 0 Å². The molecule has 0 aromatic carbocycles. The third-order valence-electron chi connectivity index (χ3n) is 1.22. The van der Waals surface area contributed by atoms with Crippen molar-refractivity contribution in [2.75, 3.05) is 0 Å². The van der Waals surface area contributed by atoms with E-state index in [1.807, 2.05) is 13.0 Å². The smallest absolute Gasteiger partial charge is 0 e. The van der Waals surface area contributed by atoms with Gasteiger partial charge in [0.25, 0.3) is 0 Å². The van der Waals surface area contributed by atoms with Gasteiger partial charge in [-0.25, -0.2) is 13.8 Å². The molecule has 0 unspecified atom stereocenters. The average Bonchev–Trinajstić information content (AvgIpc) is 1.89. The fourth-order valence-corrected chi connectivity index (χ4v) is 0.662. The van der Waals surface area contributed by atoms with Crippen LogP contribution in [0, 0.1) is 31.8 Å². The average molecular weight is 490 g/mol. The van der Waals surface area contributed by atoms with E-state index in [4.69, 9.17) is 6.92 Å². The Bertz CT molecular complexity index is 94.1. The Morgan fingerprint density at radius 2 is 1.71 bits per heavy atom. The van der Waals surface area contributed by atoms with Gasteiger partial charge in [0.1, 0.15) is 0 Å². The first-order chi connectivity index (χ1) is 4.81. The summed E-state index contributed by atoms with van der Waals surface area (Å²) in [5.41, 5.74) is 0. The molecule has 0 saturated carbocycles. The molecule has 70 valence electrons. The zero-order chi connectivity index (χ0) is 7.82. The third-order valence-corrected chi connectivity index (χ3v) is 1.22. The summed E-state index contributed by atoms with van der Waals surface area (Å²) in [6.45, 7) is 9.24. The molecule has 0 N–H and O–H groups in total. The minimum Gasteiger partial charge on any atom is -0.534 e. The van der Waals surface area contributed by atoms with E-state index in [9.17, 15) is 0 Å². The Kier molecular flexibility index (Phi) is 56.7. The zero-order valence-corrected chi connectivity index (χ0v) is 20.4. The molecule has 0 heterocycles. The minimum absolute atomic E-state index is 0. The van der Waals surface area contributed by atoms with E-state index in [2.05, 4.69) is 19.4 Å². The summed E-state index contributed by atoms with van der Waals surface area (Å²) in [6.07, 6.45) is 10.5. The van der Waals surface area contributed by atoms with Crippen LogP contribution in [0.2, 0.25) is 0 Å². The molecule has 0 aromatic heterocycles. The maximum absolute atomic E-state index is 5.25.